The average molecular weight is 209 g/mol. The number of aliphatic hydroxyl groups is 2. The van der Waals surface area contributed by atoms with Crippen molar-refractivity contribution in [3.63, 3.8) is 0 Å². The monoisotopic (exact) mass is 209 g/mol. The Balaban J connectivity index is 2.39. The molecule has 0 radical (unpaired) electrons. The average Bonchev–Trinajstić information content (AvgIpc) is 2.31. The number of hydrogen-bond acceptors (Lipinski definition) is 3. The first kappa shape index (κ1) is 12.2. The summed E-state index contributed by atoms with van der Waals surface area (Å²) in [5, 5.41) is 21.9. The number of aliphatic hydroxyl groups excluding tert-OH is 2. The van der Waals surface area contributed by atoms with Gasteiger partial charge < -0.3 is 15.5 Å². The van der Waals surface area contributed by atoms with Crippen LogP contribution in [0.25, 0.3) is 0 Å². The van der Waals surface area contributed by atoms with Crippen molar-refractivity contribution >= 4 is 0 Å². The SMILES string of the molecule is CC[C@@H](CO)NC[C@H](O)c1ccccc1. The van der Waals surface area contributed by atoms with Crippen LogP contribution in [0.2, 0.25) is 0 Å². The van der Waals surface area contributed by atoms with Crippen molar-refractivity contribution in [2.24, 2.45) is 0 Å². The van der Waals surface area contributed by atoms with Gasteiger partial charge in [-0.15, -0.1) is 0 Å². The maximum Gasteiger partial charge on any atom is 0.0914 e. The van der Waals surface area contributed by atoms with Crippen LogP contribution in [0.3, 0.4) is 0 Å². The Bertz CT molecular complexity index is 260. The fourth-order valence-corrected chi connectivity index (χ4v) is 1.41. The second kappa shape index (κ2) is 6.56. The molecule has 2 atom stereocenters. The molecule has 1 rings (SSSR count). The van der Waals surface area contributed by atoms with E-state index in [0.29, 0.717) is 6.54 Å². The lowest BCUT2D eigenvalue weighted by molar-refractivity contribution is 0.158. The van der Waals surface area contributed by atoms with E-state index in [2.05, 4.69) is 5.32 Å². The molecule has 0 saturated heterocycles. The predicted molar refractivity (Wildman–Crippen MR) is 60.6 cm³/mol. The van der Waals surface area contributed by atoms with Crippen molar-refractivity contribution in [3.8, 4) is 0 Å². The Hall–Kier alpha value is -0.900. The molecule has 84 valence electrons. The molecule has 1 aromatic carbocycles. The molecule has 3 N–H and O–H groups in total. The van der Waals surface area contributed by atoms with E-state index in [4.69, 9.17) is 5.11 Å². The van der Waals surface area contributed by atoms with Gasteiger partial charge in [-0.05, 0) is 12.0 Å². The second-order valence-corrected chi connectivity index (χ2v) is 3.62. The van der Waals surface area contributed by atoms with Crippen molar-refractivity contribution in [2.45, 2.75) is 25.5 Å². The molecular formula is C12H19NO2. The van der Waals surface area contributed by atoms with Crippen molar-refractivity contribution in [3.05, 3.63) is 35.9 Å². The summed E-state index contributed by atoms with van der Waals surface area (Å²) in [4.78, 5) is 0. The predicted octanol–water partition coefficient (Wildman–Crippen LogP) is 1.08. The van der Waals surface area contributed by atoms with Gasteiger partial charge in [-0.25, -0.2) is 0 Å². The van der Waals surface area contributed by atoms with Gasteiger partial charge in [-0.1, -0.05) is 37.3 Å². The van der Waals surface area contributed by atoms with Crippen LogP contribution in [0.4, 0.5) is 0 Å². The molecule has 0 aliphatic heterocycles. The summed E-state index contributed by atoms with van der Waals surface area (Å²) in [6, 6.07) is 9.59. The standard InChI is InChI=1S/C12H19NO2/c1-2-11(9-14)13-8-12(15)10-6-4-3-5-7-10/h3-7,11-15H,2,8-9H2,1H3/t11-,12-/m0/s1. The van der Waals surface area contributed by atoms with Gasteiger partial charge in [0.1, 0.15) is 0 Å². The zero-order valence-corrected chi connectivity index (χ0v) is 9.06. The van der Waals surface area contributed by atoms with Crippen LogP contribution in [0.1, 0.15) is 25.0 Å². The minimum Gasteiger partial charge on any atom is -0.395 e. The quantitative estimate of drug-likeness (QED) is 0.657. The molecule has 0 fully saturated rings. The summed E-state index contributed by atoms with van der Waals surface area (Å²) < 4.78 is 0. The highest BCUT2D eigenvalue weighted by atomic mass is 16.3. The fraction of sp³-hybridized carbons (Fsp3) is 0.500. The largest absolute Gasteiger partial charge is 0.395 e. The van der Waals surface area contributed by atoms with Gasteiger partial charge in [0, 0.05) is 12.6 Å². The van der Waals surface area contributed by atoms with Gasteiger partial charge >= 0.3 is 0 Å². The summed E-state index contributed by atoms with van der Waals surface area (Å²) >= 11 is 0. The first-order chi connectivity index (χ1) is 7.27. The van der Waals surface area contributed by atoms with Gasteiger partial charge in [0.05, 0.1) is 12.7 Å². The Kier molecular flexibility index (Phi) is 5.32. The lowest BCUT2D eigenvalue weighted by Gasteiger charge is -2.17. The Morgan fingerprint density at radius 1 is 1.27 bits per heavy atom. The highest BCUT2D eigenvalue weighted by molar-refractivity contribution is 5.17. The molecule has 1 aromatic rings. The van der Waals surface area contributed by atoms with Crippen molar-refractivity contribution in [1.82, 2.24) is 5.32 Å². The number of nitrogens with one attached hydrogen (secondary N) is 1. The minimum absolute atomic E-state index is 0.0726. The van der Waals surface area contributed by atoms with Gasteiger partial charge in [0.25, 0.3) is 0 Å². The third kappa shape index (κ3) is 4.00. The van der Waals surface area contributed by atoms with Crippen LogP contribution in [-0.4, -0.2) is 29.4 Å². The molecule has 0 spiro atoms. The lowest BCUT2D eigenvalue weighted by Crippen LogP contribution is -2.34. The molecule has 0 aliphatic carbocycles. The van der Waals surface area contributed by atoms with Crippen LogP contribution in [0.5, 0.6) is 0 Å². The molecule has 0 saturated carbocycles. The van der Waals surface area contributed by atoms with E-state index in [-0.39, 0.29) is 12.6 Å². The van der Waals surface area contributed by atoms with E-state index in [1.54, 1.807) is 0 Å². The highest BCUT2D eigenvalue weighted by Crippen LogP contribution is 2.10. The summed E-state index contributed by atoms with van der Waals surface area (Å²) in [5.74, 6) is 0. The lowest BCUT2D eigenvalue weighted by atomic mass is 10.1. The van der Waals surface area contributed by atoms with Crippen LogP contribution >= 0.6 is 0 Å². The van der Waals surface area contributed by atoms with Crippen LogP contribution in [0.15, 0.2) is 30.3 Å². The van der Waals surface area contributed by atoms with Gasteiger partial charge in [0.2, 0.25) is 0 Å². The van der Waals surface area contributed by atoms with E-state index in [9.17, 15) is 5.11 Å². The fourth-order valence-electron chi connectivity index (χ4n) is 1.41. The molecule has 3 heteroatoms. The summed E-state index contributed by atoms with van der Waals surface area (Å²) in [6.45, 7) is 2.59. The summed E-state index contributed by atoms with van der Waals surface area (Å²) in [6.07, 6.45) is 0.352. The smallest absolute Gasteiger partial charge is 0.0914 e. The van der Waals surface area contributed by atoms with Crippen molar-refractivity contribution < 1.29 is 10.2 Å². The number of hydrogen-bond donors (Lipinski definition) is 3. The molecule has 0 aliphatic rings. The third-order valence-electron chi connectivity index (χ3n) is 2.50. The van der Waals surface area contributed by atoms with Crippen molar-refractivity contribution in [2.75, 3.05) is 13.2 Å². The first-order valence-corrected chi connectivity index (χ1v) is 5.35. The van der Waals surface area contributed by atoms with E-state index in [1.807, 2.05) is 37.3 Å². The van der Waals surface area contributed by atoms with Crippen LogP contribution < -0.4 is 5.32 Å². The Labute approximate surface area is 90.8 Å². The Morgan fingerprint density at radius 2 is 1.93 bits per heavy atom. The van der Waals surface area contributed by atoms with E-state index in [1.165, 1.54) is 0 Å². The van der Waals surface area contributed by atoms with Gasteiger partial charge in [-0.2, -0.15) is 0 Å². The van der Waals surface area contributed by atoms with Gasteiger partial charge in [0.15, 0.2) is 0 Å². The topological polar surface area (TPSA) is 52.5 Å². The molecule has 0 bridgehead atoms. The van der Waals surface area contributed by atoms with Crippen LogP contribution in [-0.2, 0) is 0 Å². The second-order valence-electron chi connectivity index (χ2n) is 3.62. The minimum atomic E-state index is -0.508. The van der Waals surface area contributed by atoms with E-state index < -0.39 is 6.10 Å². The first-order valence-electron chi connectivity index (χ1n) is 5.35. The van der Waals surface area contributed by atoms with Gasteiger partial charge in [-0.3, -0.25) is 0 Å². The maximum absolute atomic E-state index is 9.82. The molecule has 0 heterocycles. The molecule has 0 unspecified atom stereocenters. The molecule has 0 aromatic heterocycles. The summed E-state index contributed by atoms with van der Waals surface area (Å²) in [5.41, 5.74) is 0.901. The molecular weight excluding hydrogens is 190 g/mol. The normalized spacial score (nSPS) is 14.9. The summed E-state index contributed by atoms with van der Waals surface area (Å²) in [7, 11) is 0. The highest BCUT2D eigenvalue weighted by Gasteiger charge is 2.09. The van der Waals surface area contributed by atoms with E-state index in [0.717, 1.165) is 12.0 Å². The third-order valence-corrected chi connectivity index (χ3v) is 2.50. The molecule has 15 heavy (non-hydrogen) atoms. The molecule has 3 nitrogen and oxygen atoms in total. The number of benzene rings is 1. The zero-order chi connectivity index (χ0) is 11.1. The Morgan fingerprint density at radius 3 is 2.47 bits per heavy atom. The van der Waals surface area contributed by atoms with Crippen molar-refractivity contribution in [1.29, 1.82) is 0 Å². The maximum atomic E-state index is 9.82. The molecule has 0 amide bonds. The van der Waals surface area contributed by atoms with E-state index >= 15 is 0 Å². The zero-order valence-electron chi connectivity index (χ0n) is 9.06. The van der Waals surface area contributed by atoms with Crippen LogP contribution in [0, 0.1) is 0 Å². The number of rotatable bonds is 6.